The highest BCUT2D eigenvalue weighted by molar-refractivity contribution is 5.56. The topological polar surface area (TPSA) is 53.0 Å². The zero-order valence-corrected chi connectivity index (χ0v) is 9.17. The van der Waals surface area contributed by atoms with Gasteiger partial charge in [-0.25, -0.2) is 8.78 Å². The van der Waals surface area contributed by atoms with Gasteiger partial charge >= 0.3 is 0 Å². The summed E-state index contributed by atoms with van der Waals surface area (Å²) >= 11 is 0. The summed E-state index contributed by atoms with van der Waals surface area (Å²) < 4.78 is 27.0. The van der Waals surface area contributed by atoms with Crippen LogP contribution in [0.25, 0.3) is 0 Å². The van der Waals surface area contributed by atoms with E-state index in [-0.39, 0.29) is 23.8 Å². The van der Waals surface area contributed by atoms with Gasteiger partial charge in [0.15, 0.2) is 11.6 Å². The van der Waals surface area contributed by atoms with Crippen LogP contribution in [0.2, 0.25) is 0 Å². The first-order valence-electron chi connectivity index (χ1n) is 4.81. The van der Waals surface area contributed by atoms with E-state index in [4.69, 9.17) is 11.0 Å². The molecule has 0 aliphatic carbocycles. The molecule has 0 aromatic heterocycles. The lowest BCUT2D eigenvalue weighted by Gasteiger charge is -2.26. The average molecular weight is 225 g/mol. The van der Waals surface area contributed by atoms with E-state index >= 15 is 0 Å². The molecule has 0 aliphatic rings. The Balaban J connectivity index is 3.09. The largest absolute Gasteiger partial charge is 0.399 e. The molecule has 0 saturated heterocycles. The molecule has 1 aromatic carbocycles. The van der Waals surface area contributed by atoms with Gasteiger partial charge in [-0.05, 0) is 19.1 Å². The molecule has 0 heterocycles. The fraction of sp³-hybridized carbons (Fsp3) is 0.364. The van der Waals surface area contributed by atoms with Crippen molar-refractivity contribution in [2.75, 3.05) is 17.7 Å². The number of hydrogen-bond donors (Lipinski definition) is 1. The fourth-order valence-electron chi connectivity index (χ4n) is 1.41. The van der Waals surface area contributed by atoms with Crippen molar-refractivity contribution < 1.29 is 8.78 Å². The van der Waals surface area contributed by atoms with Crippen molar-refractivity contribution in [3.05, 3.63) is 23.8 Å². The summed E-state index contributed by atoms with van der Waals surface area (Å²) in [4.78, 5) is 1.40. The minimum atomic E-state index is -0.718. The number of anilines is 2. The van der Waals surface area contributed by atoms with E-state index in [2.05, 4.69) is 0 Å². The molecule has 16 heavy (non-hydrogen) atoms. The quantitative estimate of drug-likeness (QED) is 0.803. The molecular formula is C11H13F2N3. The lowest BCUT2D eigenvalue weighted by Crippen LogP contribution is -2.30. The zero-order valence-electron chi connectivity index (χ0n) is 9.17. The summed E-state index contributed by atoms with van der Waals surface area (Å²) in [6.07, 6.45) is 0.194. The Kier molecular flexibility index (Phi) is 3.67. The predicted molar refractivity (Wildman–Crippen MR) is 58.9 cm³/mol. The molecular weight excluding hydrogens is 212 g/mol. The highest BCUT2D eigenvalue weighted by Crippen LogP contribution is 2.26. The number of halogens is 2. The Morgan fingerprint density at radius 2 is 1.94 bits per heavy atom. The van der Waals surface area contributed by atoms with Crippen molar-refractivity contribution in [1.82, 2.24) is 0 Å². The van der Waals surface area contributed by atoms with Crippen LogP contribution in [0.1, 0.15) is 13.3 Å². The fourth-order valence-corrected chi connectivity index (χ4v) is 1.41. The van der Waals surface area contributed by atoms with Gasteiger partial charge in [-0.2, -0.15) is 5.26 Å². The van der Waals surface area contributed by atoms with Gasteiger partial charge in [-0.1, -0.05) is 0 Å². The van der Waals surface area contributed by atoms with Crippen LogP contribution in [-0.4, -0.2) is 13.1 Å². The van der Waals surface area contributed by atoms with E-state index < -0.39 is 11.6 Å². The lowest BCUT2D eigenvalue weighted by molar-refractivity contribution is 0.563. The molecule has 1 unspecified atom stereocenters. The number of nitrogens with two attached hydrogens (primary N) is 1. The second-order valence-electron chi connectivity index (χ2n) is 3.66. The van der Waals surface area contributed by atoms with Crippen LogP contribution in [0.5, 0.6) is 0 Å². The van der Waals surface area contributed by atoms with E-state index in [1.807, 2.05) is 6.07 Å². The van der Waals surface area contributed by atoms with Gasteiger partial charge in [0.1, 0.15) is 5.69 Å². The second-order valence-corrected chi connectivity index (χ2v) is 3.66. The van der Waals surface area contributed by atoms with Crippen molar-refractivity contribution in [1.29, 1.82) is 5.26 Å². The van der Waals surface area contributed by atoms with Crippen LogP contribution >= 0.6 is 0 Å². The molecule has 0 spiro atoms. The molecule has 0 fully saturated rings. The van der Waals surface area contributed by atoms with Crippen molar-refractivity contribution in [2.45, 2.75) is 19.4 Å². The number of rotatable bonds is 3. The minimum absolute atomic E-state index is 0.0417. The summed E-state index contributed by atoms with van der Waals surface area (Å²) in [6, 6.07) is 3.82. The van der Waals surface area contributed by atoms with Gasteiger partial charge in [0.25, 0.3) is 0 Å². The molecule has 0 bridgehead atoms. The lowest BCUT2D eigenvalue weighted by atomic mass is 10.1. The van der Waals surface area contributed by atoms with Gasteiger partial charge < -0.3 is 10.6 Å². The smallest absolute Gasteiger partial charge is 0.151 e. The first kappa shape index (κ1) is 12.2. The first-order chi connectivity index (χ1) is 7.47. The molecule has 3 nitrogen and oxygen atoms in total. The van der Waals surface area contributed by atoms with Crippen LogP contribution in [0.15, 0.2) is 12.1 Å². The van der Waals surface area contributed by atoms with E-state index in [0.29, 0.717) is 0 Å². The van der Waals surface area contributed by atoms with Crippen LogP contribution in [-0.2, 0) is 0 Å². The Morgan fingerprint density at radius 1 is 1.44 bits per heavy atom. The van der Waals surface area contributed by atoms with Gasteiger partial charge in [0, 0.05) is 18.8 Å². The van der Waals surface area contributed by atoms with Gasteiger partial charge in [0.05, 0.1) is 12.5 Å². The third-order valence-electron chi connectivity index (χ3n) is 2.44. The molecule has 0 aliphatic heterocycles. The van der Waals surface area contributed by atoms with Crippen molar-refractivity contribution >= 4 is 11.4 Å². The molecule has 1 rings (SSSR count). The number of nitriles is 1. The van der Waals surface area contributed by atoms with Gasteiger partial charge in [-0.15, -0.1) is 0 Å². The number of benzene rings is 1. The van der Waals surface area contributed by atoms with E-state index in [1.54, 1.807) is 14.0 Å². The van der Waals surface area contributed by atoms with E-state index in [9.17, 15) is 8.78 Å². The minimum Gasteiger partial charge on any atom is -0.399 e. The standard InChI is InChI=1S/C11H13F2N3/c1-7(3-4-14)16(2)11-9(12)5-8(15)6-10(11)13/h5-7H,3,15H2,1-2H3. The summed E-state index contributed by atoms with van der Waals surface area (Å²) in [5, 5.41) is 8.53. The Hall–Kier alpha value is -1.83. The van der Waals surface area contributed by atoms with Gasteiger partial charge in [-0.3, -0.25) is 0 Å². The van der Waals surface area contributed by atoms with Crippen molar-refractivity contribution in [2.24, 2.45) is 0 Å². The summed E-state index contributed by atoms with van der Waals surface area (Å²) in [6.45, 7) is 1.72. The summed E-state index contributed by atoms with van der Waals surface area (Å²) in [5.74, 6) is -1.44. The van der Waals surface area contributed by atoms with Crippen LogP contribution in [0, 0.1) is 23.0 Å². The molecule has 2 N–H and O–H groups in total. The van der Waals surface area contributed by atoms with E-state index in [1.165, 1.54) is 4.90 Å². The number of hydrogen-bond acceptors (Lipinski definition) is 3. The normalized spacial score (nSPS) is 11.9. The average Bonchev–Trinajstić information content (AvgIpc) is 2.16. The van der Waals surface area contributed by atoms with E-state index in [0.717, 1.165) is 12.1 Å². The molecule has 0 amide bonds. The second kappa shape index (κ2) is 4.79. The monoisotopic (exact) mass is 225 g/mol. The Bertz CT molecular complexity index is 403. The van der Waals surface area contributed by atoms with Crippen molar-refractivity contribution in [3.63, 3.8) is 0 Å². The Labute approximate surface area is 93.1 Å². The third-order valence-corrected chi connectivity index (χ3v) is 2.44. The Morgan fingerprint density at radius 3 is 2.38 bits per heavy atom. The predicted octanol–water partition coefficient (Wildman–Crippen LogP) is 2.29. The molecule has 86 valence electrons. The molecule has 5 heteroatoms. The van der Waals surface area contributed by atoms with Crippen LogP contribution < -0.4 is 10.6 Å². The maximum atomic E-state index is 13.5. The zero-order chi connectivity index (χ0) is 12.3. The molecule has 0 saturated carbocycles. The third kappa shape index (κ3) is 2.40. The first-order valence-corrected chi connectivity index (χ1v) is 4.81. The van der Waals surface area contributed by atoms with Crippen LogP contribution in [0.3, 0.4) is 0 Å². The van der Waals surface area contributed by atoms with Crippen LogP contribution in [0.4, 0.5) is 20.2 Å². The molecule has 1 aromatic rings. The maximum Gasteiger partial charge on any atom is 0.151 e. The molecule has 0 radical (unpaired) electrons. The highest BCUT2D eigenvalue weighted by Gasteiger charge is 2.18. The number of nitrogen functional groups attached to an aromatic ring is 1. The maximum absolute atomic E-state index is 13.5. The highest BCUT2D eigenvalue weighted by atomic mass is 19.1. The number of nitrogens with zero attached hydrogens (tertiary/aromatic N) is 2. The SMILES string of the molecule is CC(CC#N)N(C)c1c(F)cc(N)cc1F. The van der Waals surface area contributed by atoms with Gasteiger partial charge in [0.2, 0.25) is 0 Å². The van der Waals surface area contributed by atoms with Crippen molar-refractivity contribution in [3.8, 4) is 6.07 Å². The summed E-state index contributed by atoms with van der Waals surface area (Å²) in [5.41, 5.74) is 5.20. The summed E-state index contributed by atoms with van der Waals surface area (Å²) in [7, 11) is 1.54. The molecule has 1 atom stereocenters.